The van der Waals surface area contributed by atoms with Gasteiger partial charge in [-0.2, -0.15) is 17.9 Å². The molecule has 0 bridgehead atoms. The van der Waals surface area contributed by atoms with E-state index in [1.165, 1.54) is 30.5 Å². The lowest BCUT2D eigenvalue weighted by Crippen LogP contribution is -2.46. The van der Waals surface area contributed by atoms with Gasteiger partial charge >= 0.3 is 6.18 Å². The molecule has 0 radical (unpaired) electrons. The van der Waals surface area contributed by atoms with Gasteiger partial charge in [-0.1, -0.05) is 18.2 Å². The lowest BCUT2D eigenvalue weighted by atomic mass is 10.1. The average molecular weight is 489 g/mol. The van der Waals surface area contributed by atoms with E-state index in [4.69, 9.17) is 0 Å². The van der Waals surface area contributed by atoms with Gasteiger partial charge in [0.2, 0.25) is 0 Å². The zero-order valence-corrected chi connectivity index (χ0v) is 19.3. The van der Waals surface area contributed by atoms with Crippen molar-refractivity contribution in [1.29, 1.82) is 0 Å². The molecule has 186 valence electrons. The first-order valence-corrected chi connectivity index (χ1v) is 11.6. The first kappa shape index (κ1) is 24.8. The highest BCUT2D eigenvalue weighted by atomic mass is 19.4. The third kappa shape index (κ3) is 6.63. The maximum absolute atomic E-state index is 13.5. The van der Waals surface area contributed by atoms with Gasteiger partial charge in [-0.15, -0.1) is 0 Å². The van der Waals surface area contributed by atoms with E-state index in [9.17, 15) is 22.8 Å². The lowest BCUT2D eigenvalue weighted by Gasteiger charge is -2.36. The molecule has 1 aliphatic rings. The van der Waals surface area contributed by atoms with E-state index >= 15 is 0 Å². The molecule has 4 rings (SSSR count). The normalized spacial score (nSPS) is 15.5. The number of piperazine rings is 1. The van der Waals surface area contributed by atoms with Crippen molar-refractivity contribution in [2.45, 2.75) is 19.0 Å². The smallest absolute Gasteiger partial charge is 0.416 e. The van der Waals surface area contributed by atoms with E-state index in [0.29, 0.717) is 36.4 Å². The molecule has 0 amide bonds. The van der Waals surface area contributed by atoms with Crippen LogP contribution in [0.3, 0.4) is 0 Å². The van der Waals surface area contributed by atoms with Crippen LogP contribution >= 0.6 is 0 Å². The van der Waals surface area contributed by atoms with Gasteiger partial charge < -0.3 is 10.1 Å². The standard InChI is InChI=1S/C26H28F4N4O/c27-23-7-3-5-20(17-23)21-9-12-34(35)25(18-21)31-10-1-2-11-32-13-15-33(16-14-32)24-8-4-6-22(19-24)26(28,29)30/h3-9,12,17-19,35H,1-2,10-11,13-16H2. The summed E-state index contributed by atoms with van der Waals surface area (Å²) in [6.07, 6.45) is -1.10. The van der Waals surface area contributed by atoms with Crippen molar-refractivity contribution in [2.24, 2.45) is 4.99 Å². The Labute approximate surface area is 201 Å². The molecule has 1 aromatic heterocycles. The summed E-state index contributed by atoms with van der Waals surface area (Å²) < 4.78 is 53.4. The molecule has 1 aliphatic heterocycles. The molecule has 1 saturated heterocycles. The molecule has 9 heteroatoms. The minimum Gasteiger partial charge on any atom is -0.427 e. The van der Waals surface area contributed by atoms with Crippen molar-refractivity contribution in [3.8, 4) is 11.1 Å². The van der Waals surface area contributed by atoms with Gasteiger partial charge in [0, 0.05) is 44.6 Å². The predicted octanol–water partition coefficient (Wildman–Crippen LogP) is 5.05. The molecule has 0 atom stereocenters. The van der Waals surface area contributed by atoms with Crippen LogP contribution in [0, 0.1) is 5.82 Å². The minimum absolute atomic E-state index is 0.322. The number of anilines is 1. The van der Waals surface area contributed by atoms with Crippen molar-refractivity contribution in [2.75, 3.05) is 44.2 Å². The largest absolute Gasteiger partial charge is 0.427 e. The van der Waals surface area contributed by atoms with Crippen LogP contribution in [0.4, 0.5) is 23.2 Å². The maximum Gasteiger partial charge on any atom is 0.416 e. The second kappa shape index (κ2) is 10.9. The molecule has 1 fully saturated rings. The van der Waals surface area contributed by atoms with E-state index in [-0.39, 0.29) is 5.82 Å². The summed E-state index contributed by atoms with van der Waals surface area (Å²) in [4.78, 5) is 8.78. The highest BCUT2D eigenvalue weighted by Crippen LogP contribution is 2.31. The van der Waals surface area contributed by atoms with Crippen molar-refractivity contribution < 1.29 is 22.8 Å². The first-order chi connectivity index (χ1) is 16.8. The highest BCUT2D eigenvalue weighted by molar-refractivity contribution is 5.62. The van der Waals surface area contributed by atoms with Gasteiger partial charge in [-0.05, 0) is 73.0 Å². The summed E-state index contributed by atoms with van der Waals surface area (Å²) >= 11 is 0. The monoisotopic (exact) mass is 488 g/mol. The van der Waals surface area contributed by atoms with Crippen LogP contribution < -0.4 is 10.4 Å². The number of pyridine rings is 1. The number of rotatable bonds is 7. The summed E-state index contributed by atoms with van der Waals surface area (Å²) in [6.45, 7) is 4.37. The van der Waals surface area contributed by atoms with Gasteiger partial charge in [-0.3, -0.25) is 9.89 Å². The van der Waals surface area contributed by atoms with Gasteiger partial charge in [0.25, 0.3) is 0 Å². The second-order valence-electron chi connectivity index (χ2n) is 8.59. The van der Waals surface area contributed by atoms with E-state index in [1.54, 1.807) is 30.3 Å². The molecule has 0 aliphatic carbocycles. The number of aromatic nitrogens is 1. The first-order valence-electron chi connectivity index (χ1n) is 11.6. The summed E-state index contributed by atoms with van der Waals surface area (Å²) in [5.41, 5.74) is 1.88. The van der Waals surface area contributed by atoms with Gasteiger partial charge in [-0.25, -0.2) is 4.39 Å². The summed E-state index contributed by atoms with van der Waals surface area (Å²) in [5.74, 6) is -0.322. The van der Waals surface area contributed by atoms with E-state index in [2.05, 4.69) is 9.89 Å². The van der Waals surface area contributed by atoms with Crippen LogP contribution in [0.5, 0.6) is 0 Å². The fourth-order valence-electron chi connectivity index (χ4n) is 4.20. The Morgan fingerprint density at radius 2 is 1.60 bits per heavy atom. The molecule has 5 nitrogen and oxygen atoms in total. The van der Waals surface area contributed by atoms with E-state index < -0.39 is 11.7 Å². The van der Waals surface area contributed by atoms with Crippen molar-refractivity contribution in [3.05, 3.63) is 83.7 Å². The summed E-state index contributed by atoms with van der Waals surface area (Å²) in [7, 11) is 0. The third-order valence-corrected chi connectivity index (χ3v) is 6.14. The maximum atomic E-state index is 13.5. The summed E-state index contributed by atoms with van der Waals surface area (Å²) in [5, 5.41) is 10.1. The number of nitrogens with zero attached hydrogens (tertiary/aromatic N) is 4. The number of benzene rings is 2. The topological polar surface area (TPSA) is 44.0 Å². The van der Waals surface area contributed by atoms with Crippen molar-refractivity contribution in [3.63, 3.8) is 0 Å². The van der Waals surface area contributed by atoms with Crippen LogP contribution in [-0.2, 0) is 6.18 Å². The van der Waals surface area contributed by atoms with Crippen LogP contribution in [0.25, 0.3) is 11.1 Å². The van der Waals surface area contributed by atoms with Crippen molar-refractivity contribution >= 4 is 5.69 Å². The molecule has 35 heavy (non-hydrogen) atoms. The Morgan fingerprint density at radius 1 is 0.857 bits per heavy atom. The molecule has 3 aromatic rings. The fourth-order valence-corrected chi connectivity index (χ4v) is 4.20. The molecule has 1 N–H and O–H groups in total. The number of unbranched alkanes of at least 4 members (excludes halogenated alkanes) is 1. The summed E-state index contributed by atoms with van der Waals surface area (Å²) in [6, 6.07) is 15.2. The van der Waals surface area contributed by atoms with Crippen LogP contribution in [0.2, 0.25) is 0 Å². The number of hydrogen-bond acceptors (Lipinski definition) is 4. The van der Waals surface area contributed by atoms with Crippen LogP contribution in [0.15, 0.2) is 71.9 Å². The zero-order valence-electron chi connectivity index (χ0n) is 19.3. The highest BCUT2D eigenvalue weighted by Gasteiger charge is 2.31. The van der Waals surface area contributed by atoms with Crippen molar-refractivity contribution in [1.82, 2.24) is 9.63 Å². The minimum atomic E-state index is -4.33. The molecular formula is C26H28F4N4O. The Hall–Kier alpha value is -3.33. The molecule has 0 saturated carbocycles. The molecule has 2 aromatic carbocycles. The van der Waals surface area contributed by atoms with E-state index in [0.717, 1.165) is 48.8 Å². The SMILES string of the molecule is On1ccc(-c2cccc(F)c2)cc1=NCCCCN1CCN(c2cccc(C(F)(F)F)c2)CC1. The molecule has 0 spiro atoms. The van der Waals surface area contributed by atoms with Gasteiger partial charge in [0.05, 0.1) is 5.56 Å². The average Bonchev–Trinajstić information content (AvgIpc) is 2.85. The Balaban J connectivity index is 1.24. The second-order valence-corrected chi connectivity index (χ2v) is 8.59. The zero-order chi connectivity index (χ0) is 24.8. The molecule has 2 heterocycles. The molecule has 0 unspecified atom stereocenters. The predicted molar refractivity (Wildman–Crippen MR) is 127 cm³/mol. The van der Waals surface area contributed by atoms with Gasteiger partial charge in [0.15, 0.2) is 5.49 Å². The Kier molecular flexibility index (Phi) is 7.75. The Morgan fingerprint density at radius 3 is 2.34 bits per heavy atom. The third-order valence-electron chi connectivity index (χ3n) is 6.14. The van der Waals surface area contributed by atoms with Crippen LogP contribution in [-0.4, -0.2) is 54.1 Å². The Bertz CT molecular complexity index is 1200. The fraction of sp³-hybridized carbons (Fsp3) is 0.346. The number of alkyl halides is 3. The lowest BCUT2D eigenvalue weighted by molar-refractivity contribution is -0.137. The van der Waals surface area contributed by atoms with Crippen LogP contribution in [0.1, 0.15) is 18.4 Å². The number of halogens is 4. The quantitative estimate of drug-likeness (QED) is 0.288. The number of hydrogen-bond donors (Lipinski definition) is 1. The van der Waals surface area contributed by atoms with E-state index in [1.807, 2.05) is 4.90 Å². The van der Waals surface area contributed by atoms with Gasteiger partial charge in [0.1, 0.15) is 5.82 Å². The molecular weight excluding hydrogens is 460 g/mol.